The van der Waals surface area contributed by atoms with Crippen molar-refractivity contribution < 1.29 is 0 Å². The second-order valence-electron chi connectivity index (χ2n) is 4.34. The number of hydrogen-bond donors (Lipinski definition) is 0. The molecule has 0 saturated heterocycles. The smallest absolute Gasteiger partial charge is 0.0434 e. The zero-order valence-electron chi connectivity index (χ0n) is 10.6. The van der Waals surface area contributed by atoms with Gasteiger partial charge in [0, 0.05) is 24.8 Å². The number of anilines is 1. The zero-order chi connectivity index (χ0) is 13.0. The Morgan fingerprint density at radius 1 is 0.889 bits per heavy atom. The molecule has 2 rings (SSSR count). The zero-order valence-corrected chi connectivity index (χ0v) is 11.4. The summed E-state index contributed by atoms with van der Waals surface area (Å²) in [6, 6.07) is 16.2. The van der Waals surface area contributed by atoms with E-state index >= 15 is 0 Å². The Labute approximate surface area is 113 Å². The number of nitrogens with zero attached hydrogens (tertiary/aromatic N) is 1. The fourth-order valence-electron chi connectivity index (χ4n) is 1.80. The average molecular weight is 258 g/mol. The van der Waals surface area contributed by atoms with Crippen LogP contribution in [0.5, 0.6) is 0 Å². The van der Waals surface area contributed by atoms with Crippen molar-refractivity contribution in [3.8, 4) is 0 Å². The summed E-state index contributed by atoms with van der Waals surface area (Å²) in [7, 11) is 4.10. The monoisotopic (exact) mass is 257 g/mol. The van der Waals surface area contributed by atoms with Gasteiger partial charge in [0.15, 0.2) is 0 Å². The van der Waals surface area contributed by atoms with Crippen LogP contribution in [0, 0.1) is 0 Å². The minimum atomic E-state index is 0.765. The van der Waals surface area contributed by atoms with Crippen molar-refractivity contribution in [2.45, 2.75) is 0 Å². The van der Waals surface area contributed by atoms with Crippen molar-refractivity contribution in [3.05, 3.63) is 64.7 Å². The fourth-order valence-corrected chi connectivity index (χ4v) is 1.92. The molecule has 0 aliphatic heterocycles. The molecule has 0 spiro atoms. The van der Waals surface area contributed by atoms with Crippen molar-refractivity contribution in [2.75, 3.05) is 19.0 Å². The molecule has 0 N–H and O–H groups in total. The Balaban J connectivity index is 2.26. The van der Waals surface area contributed by atoms with Crippen molar-refractivity contribution >= 4 is 29.4 Å². The maximum absolute atomic E-state index is 5.86. The summed E-state index contributed by atoms with van der Waals surface area (Å²) in [6.45, 7) is 0. The van der Waals surface area contributed by atoms with E-state index in [1.165, 1.54) is 11.3 Å². The van der Waals surface area contributed by atoms with E-state index in [2.05, 4.69) is 55.4 Å². The summed E-state index contributed by atoms with van der Waals surface area (Å²) in [4.78, 5) is 2.11. The van der Waals surface area contributed by atoms with Crippen molar-refractivity contribution in [2.24, 2.45) is 0 Å². The third-order valence-electron chi connectivity index (χ3n) is 2.74. The molecule has 0 aromatic heterocycles. The molecule has 2 heteroatoms. The summed E-state index contributed by atoms with van der Waals surface area (Å²) in [6.07, 6.45) is 4.22. The van der Waals surface area contributed by atoms with Crippen LogP contribution in [-0.4, -0.2) is 14.1 Å². The van der Waals surface area contributed by atoms with Gasteiger partial charge in [-0.15, -0.1) is 0 Å². The van der Waals surface area contributed by atoms with Gasteiger partial charge >= 0.3 is 0 Å². The van der Waals surface area contributed by atoms with E-state index in [9.17, 15) is 0 Å². The molecule has 0 bridgehead atoms. The van der Waals surface area contributed by atoms with Gasteiger partial charge in [-0.3, -0.25) is 0 Å². The van der Waals surface area contributed by atoms with Gasteiger partial charge in [0.05, 0.1) is 0 Å². The van der Waals surface area contributed by atoms with E-state index < -0.39 is 0 Å². The van der Waals surface area contributed by atoms with Crippen LogP contribution in [0.15, 0.2) is 48.5 Å². The minimum Gasteiger partial charge on any atom is -0.377 e. The lowest BCUT2D eigenvalue weighted by molar-refractivity contribution is 1.13. The van der Waals surface area contributed by atoms with Crippen LogP contribution in [0.25, 0.3) is 12.2 Å². The topological polar surface area (TPSA) is 3.24 Å². The van der Waals surface area contributed by atoms with Gasteiger partial charge in [0.1, 0.15) is 0 Å². The molecule has 0 heterocycles. The number of rotatable bonds is 3. The molecule has 2 aromatic carbocycles. The van der Waals surface area contributed by atoms with Crippen LogP contribution in [0.1, 0.15) is 11.1 Å². The van der Waals surface area contributed by atoms with Gasteiger partial charge < -0.3 is 4.90 Å². The first-order valence-electron chi connectivity index (χ1n) is 5.87. The number of halogens is 1. The molecular formula is C16H16ClN. The molecule has 2 aromatic rings. The Kier molecular flexibility index (Phi) is 4.06. The summed E-state index contributed by atoms with van der Waals surface area (Å²) in [5, 5.41) is 0.765. The summed E-state index contributed by atoms with van der Waals surface area (Å²) in [5.74, 6) is 0. The first-order chi connectivity index (χ1) is 8.66. The number of benzene rings is 2. The summed E-state index contributed by atoms with van der Waals surface area (Å²) < 4.78 is 0. The summed E-state index contributed by atoms with van der Waals surface area (Å²) in [5.41, 5.74) is 3.56. The van der Waals surface area contributed by atoms with Gasteiger partial charge in [-0.05, 0) is 29.3 Å². The second kappa shape index (κ2) is 5.74. The molecule has 1 nitrogen and oxygen atoms in total. The van der Waals surface area contributed by atoms with Crippen LogP contribution in [0.2, 0.25) is 5.02 Å². The molecule has 0 unspecified atom stereocenters. The van der Waals surface area contributed by atoms with E-state index in [4.69, 9.17) is 11.6 Å². The predicted octanol–water partition coefficient (Wildman–Crippen LogP) is 4.58. The highest BCUT2D eigenvalue weighted by Gasteiger charge is 1.99. The Morgan fingerprint density at radius 2 is 1.56 bits per heavy atom. The van der Waals surface area contributed by atoms with Crippen LogP contribution in [-0.2, 0) is 0 Å². The fraction of sp³-hybridized carbons (Fsp3) is 0.125. The lowest BCUT2D eigenvalue weighted by Crippen LogP contribution is -2.09. The van der Waals surface area contributed by atoms with E-state index in [0.717, 1.165) is 10.6 Å². The SMILES string of the molecule is CN(C)c1ccccc1/C=C/c1ccc(Cl)cc1. The maximum Gasteiger partial charge on any atom is 0.0434 e. The first-order valence-corrected chi connectivity index (χ1v) is 6.24. The molecule has 0 saturated carbocycles. The van der Waals surface area contributed by atoms with Crippen LogP contribution in [0.4, 0.5) is 5.69 Å². The number of para-hydroxylation sites is 1. The molecule has 18 heavy (non-hydrogen) atoms. The largest absolute Gasteiger partial charge is 0.377 e. The maximum atomic E-state index is 5.86. The van der Waals surface area contributed by atoms with E-state index in [1.54, 1.807) is 0 Å². The minimum absolute atomic E-state index is 0.765. The molecule has 0 atom stereocenters. The average Bonchev–Trinajstić information content (AvgIpc) is 2.38. The molecule has 0 aliphatic rings. The molecular weight excluding hydrogens is 242 g/mol. The van der Waals surface area contributed by atoms with Gasteiger partial charge in [0.25, 0.3) is 0 Å². The third kappa shape index (κ3) is 3.14. The predicted molar refractivity (Wildman–Crippen MR) is 81.1 cm³/mol. The van der Waals surface area contributed by atoms with Crippen LogP contribution < -0.4 is 4.90 Å². The Hall–Kier alpha value is -1.73. The quantitative estimate of drug-likeness (QED) is 0.728. The van der Waals surface area contributed by atoms with Crippen molar-refractivity contribution in [1.82, 2.24) is 0 Å². The molecule has 0 amide bonds. The second-order valence-corrected chi connectivity index (χ2v) is 4.77. The molecule has 0 radical (unpaired) electrons. The third-order valence-corrected chi connectivity index (χ3v) is 3.00. The standard InChI is InChI=1S/C16H16ClN/c1-18(2)16-6-4-3-5-14(16)10-7-13-8-11-15(17)12-9-13/h3-12H,1-2H3/b10-7+. The van der Waals surface area contributed by atoms with Gasteiger partial charge in [0.2, 0.25) is 0 Å². The van der Waals surface area contributed by atoms with E-state index in [-0.39, 0.29) is 0 Å². The number of hydrogen-bond acceptors (Lipinski definition) is 1. The normalized spacial score (nSPS) is 10.8. The lowest BCUT2D eigenvalue weighted by Gasteiger charge is -2.15. The highest BCUT2D eigenvalue weighted by molar-refractivity contribution is 6.30. The van der Waals surface area contributed by atoms with E-state index in [0.29, 0.717) is 0 Å². The molecule has 0 fully saturated rings. The lowest BCUT2D eigenvalue weighted by atomic mass is 10.1. The molecule has 92 valence electrons. The van der Waals surface area contributed by atoms with Crippen LogP contribution in [0.3, 0.4) is 0 Å². The first kappa shape index (κ1) is 12.7. The highest BCUT2D eigenvalue weighted by Crippen LogP contribution is 2.20. The summed E-state index contributed by atoms with van der Waals surface area (Å²) >= 11 is 5.86. The van der Waals surface area contributed by atoms with E-state index in [1.807, 2.05) is 24.3 Å². The molecule has 0 aliphatic carbocycles. The van der Waals surface area contributed by atoms with Crippen molar-refractivity contribution in [1.29, 1.82) is 0 Å². The van der Waals surface area contributed by atoms with Crippen molar-refractivity contribution in [3.63, 3.8) is 0 Å². The Bertz CT molecular complexity index is 541. The highest BCUT2D eigenvalue weighted by atomic mass is 35.5. The van der Waals surface area contributed by atoms with Gasteiger partial charge in [-0.2, -0.15) is 0 Å². The van der Waals surface area contributed by atoms with Gasteiger partial charge in [-0.25, -0.2) is 0 Å². The Morgan fingerprint density at radius 3 is 2.22 bits per heavy atom. The van der Waals surface area contributed by atoms with Crippen LogP contribution >= 0.6 is 11.6 Å². The van der Waals surface area contributed by atoms with Gasteiger partial charge in [-0.1, -0.05) is 54.1 Å².